The smallest absolute Gasteiger partial charge is 0.350 e. The number of ether oxygens (including phenoxy) is 1. The summed E-state index contributed by atoms with van der Waals surface area (Å²) in [5.74, 6) is 0.602. The summed E-state index contributed by atoms with van der Waals surface area (Å²) >= 11 is 0. The molecule has 0 spiro atoms. The minimum Gasteiger partial charge on any atom is -0.497 e. The van der Waals surface area contributed by atoms with Gasteiger partial charge in [-0.05, 0) is 12.1 Å². The van der Waals surface area contributed by atoms with Gasteiger partial charge < -0.3 is 14.7 Å². The molecule has 10 heteroatoms. The van der Waals surface area contributed by atoms with Crippen molar-refractivity contribution in [1.29, 1.82) is 0 Å². The number of nitrogens with zero attached hydrogens (tertiary/aromatic N) is 3. The SMILES string of the molecule is COc1ccc2c(c1)[nH]c1c(=O)n(/N=C/c3cccc([N+](=O)[O-])c3)c(=O)[nH]c12. The Morgan fingerprint density at radius 1 is 1.14 bits per heavy atom. The van der Waals surface area contributed by atoms with Gasteiger partial charge >= 0.3 is 11.2 Å². The fourth-order valence-electron chi connectivity index (χ4n) is 2.90. The Balaban J connectivity index is 1.85. The summed E-state index contributed by atoms with van der Waals surface area (Å²) in [5.41, 5.74) is 0.0645. The van der Waals surface area contributed by atoms with E-state index in [-0.39, 0.29) is 11.2 Å². The molecule has 2 N–H and O–H groups in total. The summed E-state index contributed by atoms with van der Waals surface area (Å²) in [6, 6.07) is 10.9. The van der Waals surface area contributed by atoms with Gasteiger partial charge in [0.25, 0.3) is 5.69 Å². The maximum atomic E-state index is 12.7. The maximum absolute atomic E-state index is 12.7. The zero-order chi connectivity index (χ0) is 19.8. The third-order valence-corrected chi connectivity index (χ3v) is 4.24. The van der Waals surface area contributed by atoms with E-state index in [1.54, 1.807) is 24.3 Å². The number of nitrogens with one attached hydrogen (secondary N) is 2. The lowest BCUT2D eigenvalue weighted by molar-refractivity contribution is -0.384. The Morgan fingerprint density at radius 3 is 2.71 bits per heavy atom. The number of benzene rings is 2. The zero-order valence-electron chi connectivity index (χ0n) is 14.5. The number of H-pyrrole nitrogens is 2. The van der Waals surface area contributed by atoms with Crippen LogP contribution in [0.25, 0.3) is 21.9 Å². The van der Waals surface area contributed by atoms with Crippen molar-refractivity contribution < 1.29 is 9.66 Å². The fourth-order valence-corrected chi connectivity index (χ4v) is 2.90. The molecule has 0 bridgehead atoms. The molecule has 0 aliphatic rings. The highest BCUT2D eigenvalue weighted by molar-refractivity contribution is 6.04. The van der Waals surface area contributed by atoms with Crippen molar-refractivity contribution in [3.8, 4) is 5.75 Å². The second-order valence-corrected chi connectivity index (χ2v) is 5.93. The van der Waals surface area contributed by atoms with Crippen molar-refractivity contribution in [1.82, 2.24) is 14.6 Å². The van der Waals surface area contributed by atoms with Crippen molar-refractivity contribution >= 4 is 33.8 Å². The molecule has 0 radical (unpaired) electrons. The van der Waals surface area contributed by atoms with Gasteiger partial charge in [-0.3, -0.25) is 14.9 Å². The third-order valence-electron chi connectivity index (χ3n) is 4.24. The van der Waals surface area contributed by atoms with Gasteiger partial charge in [-0.15, -0.1) is 4.68 Å². The molecule has 28 heavy (non-hydrogen) atoms. The first-order valence-corrected chi connectivity index (χ1v) is 8.11. The van der Waals surface area contributed by atoms with Gasteiger partial charge in [-0.2, -0.15) is 5.10 Å². The molecule has 0 aliphatic carbocycles. The van der Waals surface area contributed by atoms with Crippen molar-refractivity contribution in [3.63, 3.8) is 0 Å². The first-order chi connectivity index (χ1) is 13.5. The van der Waals surface area contributed by atoms with Gasteiger partial charge in [0.2, 0.25) is 0 Å². The molecule has 2 aromatic heterocycles. The van der Waals surface area contributed by atoms with Crippen molar-refractivity contribution in [2.24, 2.45) is 5.10 Å². The minimum atomic E-state index is -0.726. The Hall–Kier alpha value is -4.21. The number of nitro groups is 1. The number of fused-ring (bicyclic) bond motifs is 3. The second-order valence-electron chi connectivity index (χ2n) is 5.93. The Morgan fingerprint density at radius 2 is 1.96 bits per heavy atom. The van der Waals surface area contributed by atoms with E-state index < -0.39 is 16.2 Å². The molecule has 140 valence electrons. The van der Waals surface area contributed by atoms with Gasteiger partial charge in [0, 0.05) is 29.1 Å². The third kappa shape index (κ3) is 2.82. The Labute approximate surface area is 155 Å². The van der Waals surface area contributed by atoms with Gasteiger partial charge in [0.1, 0.15) is 11.3 Å². The van der Waals surface area contributed by atoms with Crippen LogP contribution in [0, 0.1) is 10.1 Å². The zero-order valence-corrected chi connectivity index (χ0v) is 14.5. The first kappa shape index (κ1) is 17.2. The van der Waals surface area contributed by atoms with Crippen LogP contribution < -0.4 is 16.0 Å². The number of hydrogen-bond donors (Lipinski definition) is 2. The summed E-state index contributed by atoms with van der Waals surface area (Å²) in [6.45, 7) is 0. The molecule has 0 saturated carbocycles. The minimum absolute atomic E-state index is 0.120. The molecule has 0 aliphatic heterocycles. The molecule has 4 rings (SSSR count). The summed E-state index contributed by atoms with van der Waals surface area (Å²) in [6.07, 6.45) is 1.21. The Kier molecular flexibility index (Phi) is 4.00. The predicted octanol–water partition coefficient (Wildman–Crippen LogP) is 1.97. The first-order valence-electron chi connectivity index (χ1n) is 8.11. The standard InChI is InChI=1S/C18H13N5O5/c1-28-12-5-6-13-14(8-12)20-16-15(13)21-18(25)22(17(16)24)19-9-10-3-2-4-11(7-10)23(26)27/h2-9,20H,1H3,(H,21,25)/b19-9+. The van der Waals surface area contributed by atoms with Gasteiger partial charge in [0.05, 0.1) is 29.3 Å². The number of methoxy groups -OCH3 is 1. The molecular weight excluding hydrogens is 366 g/mol. The number of non-ortho nitro benzene ring substituents is 1. The number of aromatic nitrogens is 3. The number of hydrogen-bond acceptors (Lipinski definition) is 6. The normalized spacial score (nSPS) is 11.5. The molecule has 10 nitrogen and oxygen atoms in total. The molecule has 2 heterocycles. The van der Waals surface area contributed by atoms with Crippen LogP contribution in [0.15, 0.2) is 57.2 Å². The summed E-state index contributed by atoms with van der Waals surface area (Å²) < 4.78 is 5.82. The molecule has 0 atom stereocenters. The fraction of sp³-hybridized carbons (Fsp3) is 0.0556. The van der Waals surface area contributed by atoms with Crippen LogP contribution in [0.2, 0.25) is 0 Å². The van der Waals surface area contributed by atoms with E-state index in [1.807, 2.05) is 0 Å². The topological polar surface area (TPSA) is 135 Å². The van der Waals surface area contributed by atoms with Crippen molar-refractivity contribution in [2.45, 2.75) is 0 Å². The highest BCUT2D eigenvalue weighted by Crippen LogP contribution is 2.24. The quantitative estimate of drug-likeness (QED) is 0.317. The van der Waals surface area contributed by atoms with E-state index in [1.165, 1.54) is 31.5 Å². The summed E-state index contributed by atoms with van der Waals surface area (Å²) in [5, 5.41) is 15.4. The van der Waals surface area contributed by atoms with E-state index in [9.17, 15) is 19.7 Å². The van der Waals surface area contributed by atoms with E-state index in [2.05, 4.69) is 15.1 Å². The summed E-state index contributed by atoms with van der Waals surface area (Å²) in [7, 11) is 1.53. The second kappa shape index (κ2) is 6.50. The molecule has 4 aromatic rings. The van der Waals surface area contributed by atoms with Gasteiger partial charge in [-0.25, -0.2) is 4.79 Å². The largest absolute Gasteiger partial charge is 0.497 e. The highest BCUT2D eigenvalue weighted by atomic mass is 16.6. The Bertz CT molecular complexity index is 1380. The van der Waals surface area contributed by atoms with Crippen LogP contribution in [0.1, 0.15) is 5.56 Å². The van der Waals surface area contributed by atoms with Gasteiger partial charge in [-0.1, -0.05) is 12.1 Å². The molecule has 0 saturated heterocycles. The van der Waals surface area contributed by atoms with Crippen LogP contribution in [0.4, 0.5) is 5.69 Å². The number of aromatic amines is 2. The monoisotopic (exact) mass is 379 g/mol. The lowest BCUT2D eigenvalue weighted by Gasteiger charge is -1.99. The summed E-state index contributed by atoms with van der Waals surface area (Å²) in [4.78, 5) is 41.0. The molecule has 0 fully saturated rings. The average Bonchev–Trinajstić information content (AvgIpc) is 3.05. The number of nitro benzene ring substituents is 1. The van der Waals surface area contributed by atoms with Gasteiger partial charge in [0.15, 0.2) is 0 Å². The van der Waals surface area contributed by atoms with Crippen molar-refractivity contribution in [3.05, 3.63) is 79.0 Å². The van der Waals surface area contributed by atoms with E-state index >= 15 is 0 Å². The van der Waals surface area contributed by atoms with Crippen LogP contribution in [0.5, 0.6) is 5.75 Å². The maximum Gasteiger partial charge on any atom is 0.350 e. The van der Waals surface area contributed by atoms with E-state index in [0.717, 1.165) is 0 Å². The molecule has 2 aromatic carbocycles. The van der Waals surface area contributed by atoms with Crippen LogP contribution in [-0.2, 0) is 0 Å². The lowest BCUT2D eigenvalue weighted by atomic mass is 10.2. The highest BCUT2D eigenvalue weighted by Gasteiger charge is 2.13. The van der Waals surface area contributed by atoms with Crippen LogP contribution in [-0.4, -0.2) is 32.9 Å². The molecule has 0 amide bonds. The van der Waals surface area contributed by atoms with Crippen molar-refractivity contribution in [2.75, 3.05) is 7.11 Å². The predicted molar refractivity (Wildman–Crippen MR) is 103 cm³/mol. The molecule has 0 unspecified atom stereocenters. The van der Waals surface area contributed by atoms with E-state index in [0.29, 0.717) is 32.4 Å². The lowest BCUT2D eigenvalue weighted by Crippen LogP contribution is -2.32. The van der Waals surface area contributed by atoms with E-state index in [4.69, 9.17) is 4.74 Å². The van der Waals surface area contributed by atoms with Crippen LogP contribution >= 0.6 is 0 Å². The van der Waals surface area contributed by atoms with Crippen LogP contribution in [0.3, 0.4) is 0 Å². The average molecular weight is 379 g/mol. The number of rotatable bonds is 4. The molecular formula is C18H13N5O5.